The van der Waals surface area contributed by atoms with Crippen LogP contribution in [0.25, 0.3) is 0 Å². The molecule has 1 heterocycles. The topological polar surface area (TPSA) is 52.7 Å². The first kappa shape index (κ1) is 20.7. The smallest absolute Gasteiger partial charge is 0.321 e. The summed E-state index contributed by atoms with van der Waals surface area (Å²) in [5.74, 6) is 0.498. The van der Waals surface area contributed by atoms with E-state index in [1.165, 1.54) is 24.3 Å². The van der Waals surface area contributed by atoms with Crippen LogP contribution in [0.15, 0.2) is 57.9 Å². The predicted octanol–water partition coefficient (Wildman–Crippen LogP) is 4.45. The van der Waals surface area contributed by atoms with Crippen LogP contribution < -0.4 is 5.32 Å². The number of nitrogens with zero attached hydrogens (tertiary/aromatic N) is 2. The zero-order valence-corrected chi connectivity index (χ0v) is 17.6. The molecular weight excluding hydrogens is 445 g/mol. The fraction of sp³-hybridized carbons (Fsp3) is 0.300. The minimum Gasteiger partial charge on any atom is -0.339 e. The van der Waals surface area contributed by atoms with Crippen molar-refractivity contribution in [2.75, 3.05) is 37.2 Å². The lowest BCUT2D eigenvalue weighted by molar-refractivity contribution is -0.132. The first-order valence-electron chi connectivity index (χ1n) is 8.99. The number of piperazine rings is 1. The maximum atomic E-state index is 12.9. The molecule has 1 fully saturated rings. The maximum Gasteiger partial charge on any atom is 0.321 e. The molecule has 1 aliphatic rings. The summed E-state index contributed by atoms with van der Waals surface area (Å²) in [6, 6.07) is 13.4. The zero-order valence-electron chi connectivity index (χ0n) is 15.2. The number of thioether (sulfide) groups is 1. The molecule has 0 spiro atoms. The van der Waals surface area contributed by atoms with Crippen molar-refractivity contribution >= 4 is 45.3 Å². The number of benzene rings is 2. The molecule has 1 saturated heterocycles. The van der Waals surface area contributed by atoms with E-state index in [-0.39, 0.29) is 17.8 Å². The van der Waals surface area contributed by atoms with Crippen LogP contribution in [-0.4, -0.2) is 53.7 Å². The zero-order chi connectivity index (χ0) is 19.9. The number of halogens is 2. The SMILES string of the molecule is O=C(CCSc1ccc(Br)cc1)N1CCN(C(=O)Nc2ccc(F)cc2)CC1. The Morgan fingerprint density at radius 2 is 1.57 bits per heavy atom. The fourth-order valence-corrected chi connectivity index (χ4v) is 3.95. The van der Waals surface area contributed by atoms with Crippen molar-refractivity contribution in [1.29, 1.82) is 0 Å². The highest BCUT2D eigenvalue weighted by Gasteiger charge is 2.23. The lowest BCUT2D eigenvalue weighted by Gasteiger charge is -2.34. The highest BCUT2D eigenvalue weighted by Crippen LogP contribution is 2.21. The Kier molecular flexibility index (Phi) is 7.33. The van der Waals surface area contributed by atoms with Crippen molar-refractivity contribution in [3.63, 3.8) is 0 Å². The lowest BCUT2D eigenvalue weighted by atomic mass is 10.3. The number of urea groups is 1. The van der Waals surface area contributed by atoms with E-state index in [2.05, 4.69) is 21.2 Å². The van der Waals surface area contributed by atoms with Crippen LogP contribution in [0.3, 0.4) is 0 Å². The van der Waals surface area contributed by atoms with E-state index in [1.54, 1.807) is 16.7 Å². The van der Waals surface area contributed by atoms with E-state index in [9.17, 15) is 14.0 Å². The number of nitrogens with one attached hydrogen (secondary N) is 1. The average molecular weight is 466 g/mol. The molecule has 0 atom stereocenters. The number of hydrogen-bond acceptors (Lipinski definition) is 3. The van der Waals surface area contributed by atoms with E-state index in [1.807, 2.05) is 29.2 Å². The maximum absolute atomic E-state index is 12.9. The lowest BCUT2D eigenvalue weighted by Crippen LogP contribution is -2.51. The third kappa shape index (κ3) is 5.97. The van der Waals surface area contributed by atoms with Crippen molar-refractivity contribution in [3.05, 3.63) is 58.8 Å². The molecule has 8 heteroatoms. The molecule has 3 amide bonds. The molecule has 2 aromatic rings. The van der Waals surface area contributed by atoms with Gasteiger partial charge >= 0.3 is 6.03 Å². The van der Waals surface area contributed by atoms with Crippen LogP contribution in [0.5, 0.6) is 0 Å². The third-order valence-corrected chi connectivity index (χ3v) is 5.96. The monoisotopic (exact) mass is 465 g/mol. The van der Waals surface area contributed by atoms with E-state index in [0.717, 1.165) is 15.1 Å². The minimum absolute atomic E-state index is 0.114. The highest BCUT2D eigenvalue weighted by atomic mass is 79.9. The summed E-state index contributed by atoms with van der Waals surface area (Å²) < 4.78 is 14.0. The van der Waals surface area contributed by atoms with Gasteiger partial charge in [-0.15, -0.1) is 11.8 Å². The van der Waals surface area contributed by atoms with E-state index in [0.29, 0.717) is 38.3 Å². The van der Waals surface area contributed by atoms with Crippen LogP contribution >= 0.6 is 27.7 Å². The summed E-state index contributed by atoms with van der Waals surface area (Å²) in [4.78, 5) is 29.3. The van der Waals surface area contributed by atoms with Crippen LogP contribution in [0.1, 0.15) is 6.42 Å². The molecule has 28 heavy (non-hydrogen) atoms. The van der Waals surface area contributed by atoms with Crippen molar-refractivity contribution in [1.82, 2.24) is 9.80 Å². The fourth-order valence-electron chi connectivity index (χ4n) is 2.84. The number of carbonyl (C=O) groups excluding carboxylic acids is 2. The second kappa shape index (κ2) is 9.93. The molecular formula is C20H21BrFN3O2S. The number of carbonyl (C=O) groups is 2. The molecule has 3 rings (SSSR count). The Morgan fingerprint density at radius 1 is 0.964 bits per heavy atom. The number of amides is 3. The van der Waals surface area contributed by atoms with Gasteiger partial charge in [0.2, 0.25) is 5.91 Å². The van der Waals surface area contributed by atoms with Gasteiger partial charge in [-0.2, -0.15) is 0 Å². The van der Waals surface area contributed by atoms with Gasteiger partial charge in [-0.1, -0.05) is 15.9 Å². The number of rotatable bonds is 5. The Labute approximate surface area is 176 Å². The molecule has 1 aliphatic heterocycles. The second-order valence-corrected chi connectivity index (χ2v) is 8.44. The summed E-state index contributed by atoms with van der Waals surface area (Å²) in [5, 5.41) is 2.75. The van der Waals surface area contributed by atoms with E-state index >= 15 is 0 Å². The molecule has 0 aromatic heterocycles. The molecule has 148 valence electrons. The largest absolute Gasteiger partial charge is 0.339 e. The van der Waals surface area contributed by atoms with Gasteiger partial charge in [-0.3, -0.25) is 4.79 Å². The standard InChI is InChI=1S/C20H21BrFN3O2S/c21-15-1-7-18(8-2-15)28-14-9-19(26)24-10-12-25(13-11-24)20(27)23-17-5-3-16(22)4-6-17/h1-8H,9-14H2,(H,23,27). The number of anilines is 1. The first-order valence-corrected chi connectivity index (χ1v) is 10.8. The normalized spacial score (nSPS) is 14.1. The summed E-state index contributed by atoms with van der Waals surface area (Å²) >= 11 is 5.07. The molecule has 5 nitrogen and oxygen atoms in total. The molecule has 2 aromatic carbocycles. The summed E-state index contributed by atoms with van der Waals surface area (Å²) in [6.07, 6.45) is 0.475. The van der Waals surface area contributed by atoms with Gasteiger partial charge in [-0.25, -0.2) is 9.18 Å². The average Bonchev–Trinajstić information content (AvgIpc) is 2.71. The van der Waals surface area contributed by atoms with Gasteiger partial charge in [0.1, 0.15) is 5.82 Å². The Balaban J connectivity index is 1.39. The van der Waals surface area contributed by atoms with Gasteiger partial charge < -0.3 is 15.1 Å². The van der Waals surface area contributed by atoms with Crippen molar-refractivity contribution in [3.8, 4) is 0 Å². The number of hydrogen-bond donors (Lipinski definition) is 1. The summed E-state index contributed by atoms with van der Waals surface area (Å²) in [5.41, 5.74) is 0.551. The second-order valence-electron chi connectivity index (χ2n) is 6.36. The Hall–Kier alpha value is -2.06. The van der Waals surface area contributed by atoms with Gasteiger partial charge in [0.15, 0.2) is 0 Å². The van der Waals surface area contributed by atoms with E-state index in [4.69, 9.17) is 0 Å². The van der Waals surface area contributed by atoms with Crippen molar-refractivity contribution in [2.24, 2.45) is 0 Å². The molecule has 0 aliphatic carbocycles. The quantitative estimate of drug-likeness (QED) is 0.663. The van der Waals surface area contributed by atoms with Crippen LogP contribution in [-0.2, 0) is 4.79 Å². The molecule has 0 unspecified atom stereocenters. The van der Waals surface area contributed by atoms with Crippen LogP contribution in [0, 0.1) is 5.82 Å². The van der Waals surface area contributed by atoms with Crippen LogP contribution in [0.2, 0.25) is 0 Å². The van der Waals surface area contributed by atoms with Crippen molar-refractivity contribution in [2.45, 2.75) is 11.3 Å². The first-order chi connectivity index (χ1) is 13.5. The third-order valence-electron chi connectivity index (χ3n) is 4.41. The molecule has 0 saturated carbocycles. The highest BCUT2D eigenvalue weighted by molar-refractivity contribution is 9.10. The van der Waals surface area contributed by atoms with Gasteiger partial charge in [0.05, 0.1) is 0 Å². The van der Waals surface area contributed by atoms with Crippen molar-refractivity contribution < 1.29 is 14.0 Å². The van der Waals surface area contributed by atoms with Crippen LogP contribution in [0.4, 0.5) is 14.9 Å². The van der Waals surface area contributed by atoms with Gasteiger partial charge in [0.25, 0.3) is 0 Å². The van der Waals surface area contributed by atoms with Gasteiger partial charge in [-0.05, 0) is 48.5 Å². The Morgan fingerprint density at radius 3 is 2.21 bits per heavy atom. The molecule has 1 N–H and O–H groups in total. The summed E-state index contributed by atoms with van der Waals surface area (Å²) in [6.45, 7) is 2.02. The predicted molar refractivity (Wildman–Crippen MR) is 113 cm³/mol. The van der Waals surface area contributed by atoms with E-state index < -0.39 is 0 Å². The Bertz CT molecular complexity index is 809. The molecule has 0 radical (unpaired) electrons. The minimum atomic E-state index is -0.344. The van der Waals surface area contributed by atoms with Gasteiger partial charge in [0, 0.05) is 53.4 Å². The molecule has 0 bridgehead atoms. The summed E-state index contributed by atoms with van der Waals surface area (Å²) in [7, 11) is 0.